The van der Waals surface area contributed by atoms with E-state index in [0.29, 0.717) is 42.2 Å². The van der Waals surface area contributed by atoms with Crippen molar-refractivity contribution in [1.29, 1.82) is 0 Å². The largest absolute Gasteiger partial charge is 0.507 e. The van der Waals surface area contributed by atoms with Crippen molar-refractivity contribution >= 4 is 28.7 Å². The summed E-state index contributed by atoms with van der Waals surface area (Å²) in [7, 11) is 1.90. The second-order valence-electron chi connectivity index (χ2n) is 8.11. The fourth-order valence-electron chi connectivity index (χ4n) is 4.25. The van der Waals surface area contributed by atoms with E-state index < -0.39 is 23.5 Å². The van der Waals surface area contributed by atoms with Gasteiger partial charge >= 0.3 is 6.09 Å². The number of likely N-dealkylation sites (N-methyl/N-ethyl adjacent to an activating group) is 1. The molecule has 33 heavy (non-hydrogen) atoms. The molecule has 1 aliphatic rings. The Labute approximate surface area is 195 Å². The summed E-state index contributed by atoms with van der Waals surface area (Å²) in [5.41, 5.74) is 0.449. The molecule has 0 radical (unpaired) electrons. The van der Waals surface area contributed by atoms with Crippen LogP contribution in [0.15, 0.2) is 45.6 Å². The number of carbonyl (C=O) groups is 1. The van der Waals surface area contributed by atoms with Crippen molar-refractivity contribution in [1.82, 2.24) is 10.2 Å². The quantitative estimate of drug-likeness (QED) is 0.530. The van der Waals surface area contributed by atoms with Crippen molar-refractivity contribution in [3.05, 3.63) is 57.2 Å². The van der Waals surface area contributed by atoms with E-state index in [1.807, 2.05) is 11.9 Å². The Bertz CT molecular complexity index is 1260. The third-order valence-electron chi connectivity index (χ3n) is 5.80. The topological polar surface area (TPSA) is 112 Å². The first-order valence-electron chi connectivity index (χ1n) is 10.7. The molecule has 0 spiro atoms. The smallest absolute Gasteiger partial charge is 0.412 e. The number of piperidine rings is 1. The maximum atomic E-state index is 13.1. The highest BCUT2D eigenvalue weighted by molar-refractivity contribution is 6.33. The SMILES string of the molecule is CCNC(=O)Oc1cc(O)c2c(=O)cc(-c3ccccc3Cl)oc2c1[C@H]1CCN(C)C[C@H]1O. The number of fused-ring (bicyclic) bond motifs is 1. The van der Waals surface area contributed by atoms with Gasteiger partial charge in [0.1, 0.15) is 28.2 Å². The number of benzene rings is 2. The summed E-state index contributed by atoms with van der Waals surface area (Å²) in [6, 6.07) is 9.40. The number of β-amino-alcohol motifs (C(OH)–C–C–N with tert-alkyl or cyclic N) is 1. The molecule has 3 aromatic rings. The van der Waals surface area contributed by atoms with Gasteiger partial charge in [-0.1, -0.05) is 23.7 Å². The van der Waals surface area contributed by atoms with E-state index in [-0.39, 0.29) is 28.2 Å². The zero-order valence-corrected chi connectivity index (χ0v) is 19.1. The first-order chi connectivity index (χ1) is 15.8. The molecule has 0 aliphatic carbocycles. The van der Waals surface area contributed by atoms with Crippen molar-refractivity contribution in [2.75, 3.05) is 26.7 Å². The molecule has 8 nitrogen and oxygen atoms in total. The number of nitrogens with zero attached hydrogens (tertiary/aromatic N) is 1. The lowest BCUT2D eigenvalue weighted by Gasteiger charge is -2.34. The summed E-state index contributed by atoms with van der Waals surface area (Å²) in [5.74, 6) is -0.636. The van der Waals surface area contributed by atoms with Gasteiger partial charge in [0, 0.05) is 42.3 Å². The molecule has 4 rings (SSSR count). The molecule has 1 fully saturated rings. The number of hydrogen-bond donors (Lipinski definition) is 3. The number of aromatic hydroxyl groups is 1. The van der Waals surface area contributed by atoms with Crippen LogP contribution in [0.4, 0.5) is 4.79 Å². The van der Waals surface area contributed by atoms with Crippen LogP contribution in [0.3, 0.4) is 0 Å². The number of carbonyl (C=O) groups excluding carboxylic acids is 1. The van der Waals surface area contributed by atoms with Crippen LogP contribution in [-0.2, 0) is 0 Å². The molecule has 2 aromatic carbocycles. The van der Waals surface area contributed by atoms with Gasteiger partial charge in [-0.25, -0.2) is 4.79 Å². The first-order valence-corrected chi connectivity index (χ1v) is 11.1. The third-order valence-corrected chi connectivity index (χ3v) is 6.13. The van der Waals surface area contributed by atoms with E-state index in [1.54, 1.807) is 31.2 Å². The number of amides is 1. The van der Waals surface area contributed by atoms with Crippen LogP contribution in [0.2, 0.25) is 5.02 Å². The standard InChI is InChI=1S/C24H25ClN2O6/c1-3-26-24(31)33-20-11-17(29)22-16(28)10-19(13-6-4-5-7-15(13)25)32-23(22)21(20)14-8-9-27(2)12-18(14)30/h4-7,10-11,14,18,29-30H,3,8-9,12H2,1-2H3,(H,26,31)/t14-,18+/m0/s1. The number of hydrogen-bond acceptors (Lipinski definition) is 7. The molecule has 1 aromatic heterocycles. The molecule has 2 atom stereocenters. The summed E-state index contributed by atoms with van der Waals surface area (Å²) in [6.07, 6.45) is -0.990. The minimum absolute atomic E-state index is 0.0269. The van der Waals surface area contributed by atoms with Gasteiger partial charge in [0.25, 0.3) is 0 Å². The van der Waals surface area contributed by atoms with Crippen LogP contribution in [-0.4, -0.2) is 54.0 Å². The molecule has 2 heterocycles. The molecule has 9 heteroatoms. The predicted molar refractivity (Wildman–Crippen MR) is 125 cm³/mol. The Morgan fingerprint density at radius 3 is 2.79 bits per heavy atom. The Morgan fingerprint density at radius 2 is 2.09 bits per heavy atom. The number of rotatable bonds is 4. The number of aliphatic hydroxyl groups excluding tert-OH is 1. The number of aliphatic hydroxyl groups is 1. The van der Waals surface area contributed by atoms with E-state index in [0.717, 1.165) is 0 Å². The molecule has 1 aliphatic heterocycles. The zero-order valence-electron chi connectivity index (χ0n) is 18.3. The van der Waals surface area contributed by atoms with E-state index in [4.69, 9.17) is 20.8 Å². The number of ether oxygens (including phenoxy) is 1. The first kappa shape index (κ1) is 23.1. The lowest BCUT2D eigenvalue weighted by Crippen LogP contribution is -2.40. The number of phenolic OH excluding ortho intramolecular Hbond substituents is 1. The fraction of sp³-hybridized carbons (Fsp3) is 0.333. The van der Waals surface area contributed by atoms with Crippen molar-refractivity contribution in [3.8, 4) is 22.8 Å². The van der Waals surface area contributed by atoms with Gasteiger partial charge in [-0.05, 0) is 39.1 Å². The second kappa shape index (κ2) is 9.43. The highest BCUT2D eigenvalue weighted by Gasteiger charge is 2.34. The van der Waals surface area contributed by atoms with Crippen LogP contribution in [0.1, 0.15) is 24.8 Å². The average Bonchev–Trinajstić information content (AvgIpc) is 2.75. The van der Waals surface area contributed by atoms with E-state index in [2.05, 4.69) is 5.32 Å². The minimum Gasteiger partial charge on any atom is -0.507 e. The zero-order chi connectivity index (χ0) is 23.7. The fourth-order valence-corrected chi connectivity index (χ4v) is 4.48. The third kappa shape index (κ3) is 4.55. The van der Waals surface area contributed by atoms with Crippen LogP contribution in [0, 0.1) is 0 Å². The number of halogens is 1. The molecule has 1 saturated heterocycles. The van der Waals surface area contributed by atoms with E-state index in [9.17, 15) is 19.8 Å². The molecule has 1 amide bonds. The highest BCUT2D eigenvalue weighted by atomic mass is 35.5. The lowest BCUT2D eigenvalue weighted by molar-refractivity contribution is 0.0630. The normalized spacial score (nSPS) is 18.9. The molecule has 3 N–H and O–H groups in total. The van der Waals surface area contributed by atoms with E-state index in [1.165, 1.54) is 12.1 Å². The lowest BCUT2D eigenvalue weighted by atomic mass is 9.85. The summed E-state index contributed by atoms with van der Waals surface area (Å²) in [4.78, 5) is 27.3. The van der Waals surface area contributed by atoms with Gasteiger partial charge in [0.05, 0.1) is 11.1 Å². The van der Waals surface area contributed by atoms with Gasteiger partial charge in [-0.2, -0.15) is 0 Å². The van der Waals surface area contributed by atoms with Gasteiger partial charge in [-0.15, -0.1) is 0 Å². The van der Waals surface area contributed by atoms with Crippen LogP contribution < -0.4 is 15.5 Å². The number of likely N-dealkylation sites (tertiary alicyclic amines) is 1. The van der Waals surface area contributed by atoms with Gasteiger partial charge in [0.15, 0.2) is 5.43 Å². The monoisotopic (exact) mass is 472 g/mol. The second-order valence-corrected chi connectivity index (χ2v) is 8.52. The van der Waals surface area contributed by atoms with Gasteiger partial charge in [-0.3, -0.25) is 4.79 Å². The van der Waals surface area contributed by atoms with Gasteiger partial charge < -0.3 is 29.6 Å². The Morgan fingerprint density at radius 1 is 1.33 bits per heavy atom. The Kier molecular flexibility index (Phi) is 6.60. The number of nitrogens with one attached hydrogen (secondary N) is 1. The molecular formula is C24H25ClN2O6. The molecule has 0 unspecified atom stereocenters. The summed E-state index contributed by atoms with van der Waals surface area (Å²) in [5, 5.41) is 24.4. The van der Waals surface area contributed by atoms with Crippen molar-refractivity contribution in [3.63, 3.8) is 0 Å². The van der Waals surface area contributed by atoms with Gasteiger partial charge in [0.2, 0.25) is 0 Å². The molecule has 0 bridgehead atoms. The molecule has 0 saturated carbocycles. The van der Waals surface area contributed by atoms with Crippen LogP contribution in [0.5, 0.6) is 11.5 Å². The van der Waals surface area contributed by atoms with Crippen molar-refractivity contribution < 1.29 is 24.2 Å². The molecular weight excluding hydrogens is 448 g/mol. The summed E-state index contributed by atoms with van der Waals surface area (Å²) in [6.45, 7) is 3.16. The maximum Gasteiger partial charge on any atom is 0.412 e. The predicted octanol–water partition coefficient (Wildman–Crippen LogP) is 3.71. The minimum atomic E-state index is -0.803. The molecule has 174 valence electrons. The summed E-state index contributed by atoms with van der Waals surface area (Å²) >= 11 is 6.32. The van der Waals surface area contributed by atoms with Crippen LogP contribution in [0.25, 0.3) is 22.3 Å². The van der Waals surface area contributed by atoms with Crippen molar-refractivity contribution in [2.45, 2.75) is 25.4 Å². The average molecular weight is 473 g/mol. The summed E-state index contributed by atoms with van der Waals surface area (Å²) < 4.78 is 11.6. The maximum absolute atomic E-state index is 13.1. The Hall–Kier alpha value is -3.07. The van der Waals surface area contributed by atoms with Crippen molar-refractivity contribution in [2.24, 2.45) is 0 Å². The van der Waals surface area contributed by atoms with E-state index >= 15 is 0 Å². The van der Waals surface area contributed by atoms with Crippen LogP contribution >= 0.6 is 11.6 Å². The highest BCUT2D eigenvalue weighted by Crippen LogP contribution is 2.43. The Balaban J connectivity index is 2.00. The number of phenols is 1.